The summed E-state index contributed by atoms with van der Waals surface area (Å²) in [5, 5.41) is 9.08. The van der Waals surface area contributed by atoms with E-state index in [-0.39, 0.29) is 6.61 Å². The van der Waals surface area contributed by atoms with E-state index in [9.17, 15) is 4.57 Å². The van der Waals surface area contributed by atoms with E-state index in [0.717, 1.165) is 0 Å². The third kappa shape index (κ3) is 1.90. The Hall–Kier alpha value is -0.630. The number of rotatable bonds is 2. The van der Waals surface area contributed by atoms with Gasteiger partial charge < -0.3 is 10.00 Å². The molecule has 60 valence electrons. The molecule has 1 atom stereocenters. The molecule has 0 aliphatic heterocycles. The third-order valence-corrected chi connectivity index (χ3v) is 2.37. The Kier molecular flexibility index (Phi) is 2.83. The van der Waals surface area contributed by atoms with Crippen molar-refractivity contribution in [3.05, 3.63) is 29.8 Å². The lowest BCUT2D eigenvalue weighted by molar-refractivity contribution is 0.282. The minimum absolute atomic E-state index is 0.187. The zero-order valence-electron chi connectivity index (χ0n) is 5.82. The van der Waals surface area contributed by atoms with Gasteiger partial charge in [0.1, 0.15) is 0 Å². The summed E-state index contributed by atoms with van der Waals surface area (Å²) in [6, 6.07) is 6.58. The predicted molar refractivity (Wildman–Crippen MR) is 43.2 cm³/mol. The van der Waals surface area contributed by atoms with Gasteiger partial charge >= 0.3 is 0 Å². The number of aliphatic hydroxyl groups is 1. The molecule has 1 aromatic carbocycles. The van der Waals surface area contributed by atoms with Gasteiger partial charge in [0, 0.05) is 5.30 Å². The van der Waals surface area contributed by atoms with Crippen molar-refractivity contribution in [2.75, 3.05) is 0 Å². The first-order valence-electron chi connectivity index (χ1n) is 3.17. The zero-order valence-corrected chi connectivity index (χ0v) is 6.82. The summed E-state index contributed by atoms with van der Waals surface area (Å²) in [5.41, 5.74) is 0.527. The normalized spacial score (nSPS) is 12.9. The molecule has 3 nitrogen and oxygen atoms in total. The minimum atomic E-state index is -2.66. The smallest absolute Gasteiger partial charge is 0.218 e. The first-order valence-corrected chi connectivity index (χ1v) is 4.53. The second-order valence-corrected chi connectivity index (χ2v) is 3.27. The predicted octanol–water partition coefficient (Wildman–Crippen LogP) is 0.271. The van der Waals surface area contributed by atoms with Crippen LogP contribution in [0.4, 0.5) is 0 Å². The van der Waals surface area contributed by atoms with Crippen molar-refractivity contribution in [1.29, 1.82) is 0 Å². The largest absolute Gasteiger partial charge is 0.392 e. The molecule has 2 N–H and O–H groups in total. The molecule has 1 aromatic rings. The molecule has 0 fully saturated rings. The van der Waals surface area contributed by atoms with Crippen LogP contribution < -0.4 is 5.30 Å². The van der Waals surface area contributed by atoms with Crippen LogP contribution in [0.15, 0.2) is 24.3 Å². The molecule has 1 unspecified atom stereocenters. The molecule has 11 heavy (non-hydrogen) atoms. The number of benzene rings is 1. The maximum Gasteiger partial charge on any atom is 0.218 e. The fourth-order valence-corrected chi connectivity index (χ4v) is 1.54. The molecule has 0 bridgehead atoms. The molecule has 0 radical (unpaired) electrons. The van der Waals surface area contributed by atoms with Gasteiger partial charge in [0.05, 0.1) is 6.61 Å². The standard InChI is InChI=1S/C7H9O3P/c8-5-6-3-1-2-4-7(6)11(9)10/h1-4,8,11H,5H2,(H,9,10). The Balaban J connectivity index is 3.12. The average molecular weight is 172 g/mol. The van der Waals surface area contributed by atoms with Gasteiger partial charge in [-0.05, 0) is 11.6 Å². The van der Waals surface area contributed by atoms with E-state index in [1.54, 1.807) is 24.3 Å². The van der Waals surface area contributed by atoms with Gasteiger partial charge in [-0.1, -0.05) is 18.2 Å². The van der Waals surface area contributed by atoms with Gasteiger partial charge in [-0.3, -0.25) is 4.57 Å². The van der Waals surface area contributed by atoms with Crippen molar-refractivity contribution < 1.29 is 14.6 Å². The third-order valence-electron chi connectivity index (χ3n) is 1.42. The molecule has 0 aliphatic carbocycles. The summed E-state index contributed by atoms with van der Waals surface area (Å²) in [4.78, 5) is 8.77. The summed E-state index contributed by atoms with van der Waals surface area (Å²) in [7, 11) is -2.66. The fraction of sp³-hybridized carbons (Fsp3) is 0.143. The van der Waals surface area contributed by atoms with Crippen molar-refractivity contribution >= 4 is 13.3 Å². The molecule has 0 amide bonds. The Morgan fingerprint density at radius 2 is 2.00 bits per heavy atom. The monoisotopic (exact) mass is 172 g/mol. The van der Waals surface area contributed by atoms with E-state index in [4.69, 9.17) is 10.00 Å². The van der Waals surface area contributed by atoms with Gasteiger partial charge in [0.2, 0.25) is 8.03 Å². The van der Waals surface area contributed by atoms with Crippen molar-refractivity contribution in [3.63, 3.8) is 0 Å². The molecule has 0 aliphatic rings. The lowest BCUT2D eigenvalue weighted by Gasteiger charge is -2.01. The van der Waals surface area contributed by atoms with Crippen LogP contribution >= 0.6 is 8.03 Å². The Morgan fingerprint density at radius 3 is 2.45 bits per heavy atom. The lowest BCUT2D eigenvalue weighted by atomic mass is 10.2. The highest BCUT2D eigenvalue weighted by molar-refractivity contribution is 7.47. The average Bonchev–Trinajstić information content (AvgIpc) is 2.04. The number of aliphatic hydroxyl groups excluding tert-OH is 1. The van der Waals surface area contributed by atoms with Crippen molar-refractivity contribution in [2.24, 2.45) is 0 Å². The first-order chi connectivity index (χ1) is 5.25. The molecule has 0 saturated heterocycles. The molecule has 0 saturated carbocycles. The second-order valence-electron chi connectivity index (χ2n) is 2.12. The van der Waals surface area contributed by atoms with Crippen LogP contribution in [-0.4, -0.2) is 10.00 Å². The van der Waals surface area contributed by atoms with E-state index >= 15 is 0 Å². The zero-order chi connectivity index (χ0) is 8.27. The Labute approximate surface area is 65.2 Å². The van der Waals surface area contributed by atoms with Crippen LogP contribution in [0.3, 0.4) is 0 Å². The number of hydrogen-bond donors (Lipinski definition) is 2. The van der Waals surface area contributed by atoms with Gasteiger partial charge in [0.25, 0.3) is 0 Å². The van der Waals surface area contributed by atoms with Gasteiger partial charge in [-0.15, -0.1) is 0 Å². The van der Waals surface area contributed by atoms with Crippen molar-refractivity contribution in [3.8, 4) is 0 Å². The highest BCUT2D eigenvalue weighted by Crippen LogP contribution is 2.15. The fourth-order valence-electron chi connectivity index (χ4n) is 0.867. The maximum atomic E-state index is 10.7. The topological polar surface area (TPSA) is 57.5 Å². The summed E-state index contributed by atoms with van der Waals surface area (Å²) >= 11 is 0. The van der Waals surface area contributed by atoms with E-state index in [0.29, 0.717) is 10.9 Å². The van der Waals surface area contributed by atoms with Crippen molar-refractivity contribution in [1.82, 2.24) is 0 Å². The lowest BCUT2D eigenvalue weighted by Crippen LogP contribution is -2.04. The molecule has 0 spiro atoms. The molecule has 4 heteroatoms. The molecular formula is C7H9O3P. The molecule has 0 heterocycles. The molecule has 1 rings (SSSR count). The van der Waals surface area contributed by atoms with Crippen LogP contribution in [-0.2, 0) is 11.2 Å². The minimum Gasteiger partial charge on any atom is -0.392 e. The SMILES string of the molecule is O=[PH](O)c1ccccc1CO. The summed E-state index contributed by atoms with van der Waals surface area (Å²) in [6.45, 7) is -0.187. The first kappa shape index (κ1) is 8.47. The summed E-state index contributed by atoms with van der Waals surface area (Å²) in [5.74, 6) is 0. The number of hydrogen-bond acceptors (Lipinski definition) is 2. The van der Waals surface area contributed by atoms with Crippen LogP contribution in [0.1, 0.15) is 5.56 Å². The second kappa shape index (κ2) is 3.67. The van der Waals surface area contributed by atoms with Crippen LogP contribution in [0.5, 0.6) is 0 Å². The van der Waals surface area contributed by atoms with E-state index in [1.165, 1.54) is 0 Å². The van der Waals surface area contributed by atoms with E-state index in [2.05, 4.69) is 0 Å². The summed E-state index contributed by atoms with van der Waals surface area (Å²) < 4.78 is 10.7. The van der Waals surface area contributed by atoms with Gasteiger partial charge in [-0.25, -0.2) is 0 Å². The Bertz CT molecular complexity index is 272. The van der Waals surface area contributed by atoms with Gasteiger partial charge in [0.15, 0.2) is 0 Å². The summed E-state index contributed by atoms with van der Waals surface area (Å²) in [6.07, 6.45) is 0. The molecular weight excluding hydrogens is 163 g/mol. The van der Waals surface area contributed by atoms with Crippen LogP contribution in [0, 0.1) is 0 Å². The van der Waals surface area contributed by atoms with Crippen LogP contribution in [0.25, 0.3) is 0 Å². The van der Waals surface area contributed by atoms with Crippen molar-refractivity contribution in [2.45, 2.75) is 6.61 Å². The molecule has 0 aromatic heterocycles. The quantitative estimate of drug-likeness (QED) is 0.629. The van der Waals surface area contributed by atoms with Crippen LogP contribution in [0.2, 0.25) is 0 Å². The Morgan fingerprint density at radius 1 is 1.36 bits per heavy atom. The van der Waals surface area contributed by atoms with Gasteiger partial charge in [-0.2, -0.15) is 0 Å². The highest BCUT2D eigenvalue weighted by atomic mass is 31.1. The van der Waals surface area contributed by atoms with E-state index in [1.807, 2.05) is 0 Å². The van der Waals surface area contributed by atoms with E-state index < -0.39 is 8.03 Å². The maximum absolute atomic E-state index is 10.7. The highest BCUT2D eigenvalue weighted by Gasteiger charge is 2.03.